The van der Waals surface area contributed by atoms with Crippen LogP contribution in [0.25, 0.3) is 0 Å². The van der Waals surface area contributed by atoms with Crippen LogP contribution in [0.5, 0.6) is 0 Å². The fourth-order valence-electron chi connectivity index (χ4n) is 3.36. The number of benzene rings is 1. The van der Waals surface area contributed by atoms with E-state index in [1.165, 1.54) is 16.4 Å². The molecular weight excluding hydrogens is 386 g/mol. The normalized spacial score (nSPS) is 22.2. The zero-order chi connectivity index (χ0) is 19.3. The van der Waals surface area contributed by atoms with E-state index in [1.807, 2.05) is 6.21 Å². The molecule has 2 aliphatic rings. The number of hydrogen-bond donors (Lipinski definition) is 1. The van der Waals surface area contributed by atoms with E-state index in [0.29, 0.717) is 36.9 Å². The topological polar surface area (TPSA) is 78.8 Å². The van der Waals surface area contributed by atoms with Gasteiger partial charge in [0.25, 0.3) is 0 Å². The molecule has 0 saturated carbocycles. The summed E-state index contributed by atoms with van der Waals surface area (Å²) in [5.41, 5.74) is 2.61. The maximum atomic E-state index is 12.7. The summed E-state index contributed by atoms with van der Waals surface area (Å²) in [6, 6.07) is 6.14. The van der Waals surface area contributed by atoms with Crippen LogP contribution in [-0.2, 0) is 14.8 Å². The van der Waals surface area contributed by atoms with Gasteiger partial charge >= 0.3 is 0 Å². The maximum Gasteiger partial charge on any atom is 0.243 e. The van der Waals surface area contributed by atoms with Gasteiger partial charge in [-0.05, 0) is 62.3 Å². The summed E-state index contributed by atoms with van der Waals surface area (Å²) in [6.07, 6.45) is 10.1. The second-order valence-electron chi connectivity index (χ2n) is 6.93. The highest BCUT2D eigenvalue weighted by molar-refractivity contribution is 7.89. The first-order chi connectivity index (χ1) is 13.0. The van der Waals surface area contributed by atoms with Crippen molar-refractivity contribution in [1.29, 1.82) is 0 Å². The molecule has 0 aromatic heterocycles. The molecule has 1 unspecified atom stereocenters. The zero-order valence-corrected chi connectivity index (χ0v) is 16.6. The molecular formula is C19H24ClN3O3S. The lowest BCUT2D eigenvalue weighted by atomic mass is 9.96. The van der Waals surface area contributed by atoms with E-state index < -0.39 is 10.0 Å². The minimum Gasteiger partial charge on any atom is -0.273 e. The van der Waals surface area contributed by atoms with Gasteiger partial charge in [-0.25, -0.2) is 13.8 Å². The highest BCUT2D eigenvalue weighted by atomic mass is 35.5. The molecule has 0 bridgehead atoms. The molecule has 1 N–H and O–H groups in total. The van der Waals surface area contributed by atoms with E-state index in [2.05, 4.69) is 22.7 Å². The van der Waals surface area contributed by atoms with Crippen LogP contribution < -0.4 is 5.43 Å². The van der Waals surface area contributed by atoms with Crippen molar-refractivity contribution in [3.8, 4) is 0 Å². The molecule has 1 atom stereocenters. The predicted octanol–water partition coefficient (Wildman–Crippen LogP) is 3.20. The van der Waals surface area contributed by atoms with Crippen LogP contribution in [-0.4, -0.2) is 37.9 Å². The molecule has 3 rings (SSSR count). The van der Waals surface area contributed by atoms with Crippen LogP contribution in [0, 0.1) is 11.8 Å². The number of carbonyl (C=O) groups is 1. The van der Waals surface area contributed by atoms with Crippen molar-refractivity contribution in [2.45, 2.75) is 37.0 Å². The van der Waals surface area contributed by atoms with Gasteiger partial charge in [0, 0.05) is 30.2 Å². The van der Waals surface area contributed by atoms with Crippen molar-refractivity contribution >= 4 is 33.7 Å². The maximum absolute atomic E-state index is 12.7. The number of hydrazone groups is 1. The first-order valence-electron chi connectivity index (χ1n) is 9.20. The van der Waals surface area contributed by atoms with Crippen LogP contribution >= 0.6 is 11.6 Å². The lowest BCUT2D eigenvalue weighted by molar-refractivity contribution is -0.126. The molecule has 1 aliphatic carbocycles. The monoisotopic (exact) mass is 409 g/mol. The van der Waals surface area contributed by atoms with Crippen molar-refractivity contribution in [3.05, 3.63) is 41.4 Å². The Bertz CT molecular complexity index is 813. The van der Waals surface area contributed by atoms with Crippen molar-refractivity contribution < 1.29 is 13.2 Å². The Morgan fingerprint density at radius 2 is 1.85 bits per heavy atom. The summed E-state index contributed by atoms with van der Waals surface area (Å²) in [4.78, 5) is 12.5. The van der Waals surface area contributed by atoms with Gasteiger partial charge < -0.3 is 0 Å². The van der Waals surface area contributed by atoms with E-state index in [1.54, 1.807) is 12.1 Å². The molecule has 1 aromatic rings. The number of nitrogens with zero attached hydrogens (tertiary/aromatic N) is 2. The quantitative estimate of drug-likeness (QED) is 0.460. The van der Waals surface area contributed by atoms with Gasteiger partial charge in [-0.3, -0.25) is 4.79 Å². The van der Waals surface area contributed by atoms with Crippen molar-refractivity contribution in [3.63, 3.8) is 0 Å². The minimum atomic E-state index is -3.55. The number of carbonyl (C=O) groups excluding carboxylic acids is 1. The third kappa shape index (κ3) is 5.18. The Morgan fingerprint density at radius 1 is 1.15 bits per heavy atom. The molecule has 1 aromatic carbocycles. The molecule has 0 radical (unpaired) electrons. The molecule has 6 nitrogen and oxygen atoms in total. The molecule has 8 heteroatoms. The van der Waals surface area contributed by atoms with Crippen LogP contribution in [0.1, 0.15) is 32.1 Å². The first-order valence-corrected chi connectivity index (χ1v) is 11.0. The Morgan fingerprint density at radius 3 is 2.48 bits per heavy atom. The van der Waals surface area contributed by atoms with Crippen molar-refractivity contribution in [2.24, 2.45) is 16.9 Å². The molecule has 1 amide bonds. The largest absolute Gasteiger partial charge is 0.273 e. The summed E-state index contributed by atoms with van der Waals surface area (Å²) in [6.45, 7) is 0.639. The highest BCUT2D eigenvalue weighted by Gasteiger charge is 2.32. The van der Waals surface area contributed by atoms with E-state index >= 15 is 0 Å². The van der Waals surface area contributed by atoms with Gasteiger partial charge in [-0.2, -0.15) is 9.41 Å². The molecule has 1 fully saturated rings. The van der Waals surface area contributed by atoms with Crippen LogP contribution in [0.2, 0.25) is 5.02 Å². The summed E-state index contributed by atoms with van der Waals surface area (Å²) in [5, 5.41) is 4.59. The zero-order valence-electron chi connectivity index (χ0n) is 15.1. The number of amides is 1. The predicted molar refractivity (Wildman–Crippen MR) is 106 cm³/mol. The number of allylic oxidation sites excluding steroid dienone is 2. The lowest BCUT2D eigenvalue weighted by Crippen LogP contribution is -2.42. The molecule has 1 heterocycles. The second kappa shape index (κ2) is 8.99. The van der Waals surface area contributed by atoms with Gasteiger partial charge in [0.15, 0.2) is 0 Å². The van der Waals surface area contributed by atoms with Gasteiger partial charge in [0.2, 0.25) is 15.9 Å². The summed E-state index contributed by atoms with van der Waals surface area (Å²) in [7, 11) is -3.55. The second-order valence-corrected chi connectivity index (χ2v) is 9.31. The average Bonchev–Trinajstić information content (AvgIpc) is 2.69. The van der Waals surface area contributed by atoms with Crippen molar-refractivity contribution in [2.75, 3.05) is 13.1 Å². The van der Waals surface area contributed by atoms with E-state index in [9.17, 15) is 13.2 Å². The Hall–Kier alpha value is -1.70. The Labute approximate surface area is 165 Å². The minimum absolute atomic E-state index is 0.138. The standard InChI is InChI=1S/C19H24ClN3O3S/c20-17-6-8-18(9-7-17)27(25,26)23-12-10-16(11-13-23)19(24)22-21-14-15-4-2-1-3-5-15/h1-2,6-9,14-16H,3-5,10-13H2,(H,22,24). The molecule has 27 heavy (non-hydrogen) atoms. The fourth-order valence-corrected chi connectivity index (χ4v) is 4.96. The smallest absolute Gasteiger partial charge is 0.243 e. The number of nitrogens with one attached hydrogen (secondary N) is 1. The number of hydrogen-bond acceptors (Lipinski definition) is 4. The third-order valence-corrected chi connectivity index (χ3v) is 7.21. The van der Waals surface area contributed by atoms with Gasteiger partial charge in [0.05, 0.1) is 4.90 Å². The van der Waals surface area contributed by atoms with Crippen LogP contribution in [0.3, 0.4) is 0 Å². The fraction of sp³-hybridized carbons (Fsp3) is 0.474. The number of piperidine rings is 1. The molecule has 146 valence electrons. The van der Waals surface area contributed by atoms with E-state index in [4.69, 9.17) is 11.6 Å². The average molecular weight is 410 g/mol. The van der Waals surface area contributed by atoms with Crippen LogP contribution in [0.15, 0.2) is 46.4 Å². The van der Waals surface area contributed by atoms with Gasteiger partial charge in [-0.15, -0.1) is 0 Å². The van der Waals surface area contributed by atoms with E-state index in [0.717, 1.165) is 19.3 Å². The van der Waals surface area contributed by atoms with Crippen molar-refractivity contribution in [1.82, 2.24) is 9.73 Å². The number of sulfonamides is 1. The first kappa shape index (κ1) is 20.0. The molecule has 1 saturated heterocycles. The van der Waals surface area contributed by atoms with E-state index in [-0.39, 0.29) is 16.7 Å². The Balaban J connectivity index is 1.50. The number of halogens is 1. The summed E-state index contributed by atoms with van der Waals surface area (Å²) >= 11 is 5.83. The highest BCUT2D eigenvalue weighted by Crippen LogP contribution is 2.25. The number of rotatable bonds is 5. The van der Waals surface area contributed by atoms with Gasteiger partial charge in [0.1, 0.15) is 0 Å². The summed E-state index contributed by atoms with van der Waals surface area (Å²) < 4.78 is 26.8. The SMILES string of the molecule is O=C(NN=CC1CC=CCC1)C1CCN(S(=O)(=O)c2ccc(Cl)cc2)CC1. The van der Waals surface area contributed by atoms with Crippen LogP contribution in [0.4, 0.5) is 0 Å². The Kier molecular flexibility index (Phi) is 6.68. The summed E-state index contributed by atoms with van der Waals surface area (Å²) in [5.74, 6) is 0.0212. The lowest BCUT2D eigenvalue weighted by Gasteiger charge is -2.30. The molecule has 0 spiro atoms. The molecule has 1 aliphatic heterocycles. The third-order valence-electron chi connectivity index (χ3n) is 5.05. The van der Waals surface area contributed by atoms with Gasteiger partial charge in [-0.1, -0.05) is 23.8 Å².